The number of anilines is 1. The quantitative estimate of drug-likeness (QED) is 0.740. The molecule has 0 spiro atoms. The van der Waals surface area contributed by atoms with Gasteiger partial charge in [-0.3, -0.25) is 0 Å². The summed E-state index contributed by atoms with van der Waals surface area (Å²) in [4.78, 5) is 24.5. The molecule has 0 fully saturated rings. The van der Waals surface area contributed by atoms with Crippen molar-refractivity contribution in [3.8, 4) is 0 Å². The smallest absolute Gasteiger partial charge is 0.346 e. The summed E-state index contributed by atoms with van der Waals surface area (Å²) in [7, 11) is 0. The number of hydrogen-bond acceptors (Lipinski definition) is 7. The molecule has 0 bridgehead atoms. The maximum absolute atomic E-state index is 11.2. The van der Waals surface area contributed by atoms with E-state index in [1.165, 1.54) is 12.7 Å². The van der Waals surface area contributed by atoms with Crippen LogP contribution in [0.15, 0.2) is 19.0 Å². The highest BCUT2D eigenvalue weighted by molar-refractivity contribution is 7.20. The van der Waals surface area contributed by atoms with Gasteiger partial charge in [0.25, 0.3) is 0 Å². The first-order chi connectivity index (χ1) is 10.6. The Kier molecular flexibility index (Phi) is 3.72. The Morgan fingerprint density at radius 2 is 2.27 bits per heavy atom. The SMILES string of the molecule is Cc1c(C(=O)O)sc2ncnc(NCC(C)n3cncn3)c12. The maximum Gasteiger partial charge on any atom is 0.346 e. The van der Waals surface area contributed by atoms with Gasteiger partial charge in [0.15, 0.2) is 0 Å². The third-order valence-corrected chi connectivity index (χ3v) is 4.56. The summed E-state index contributed by atoms with van der Waals surface area (Å²) in [6, 6.07) is 0.0883. The standard InChI is InChI=1S/C13H14N6O2S/c1-7(19-6-14-4-18-19)3-15-11-9-8(2)10(13(20)21)22-12(9)17-5-16-11/h4-7H,3H2,1-2H3,(H,20,21)(H,15,16,17). The van der Waals surface area contributed by atoms with Crippen LogP contribution >= 0.6 is 11.3 Å². The number of rotatable bonds is 5. The third kappa shape index (κ3) is 2.50. The van der Waals surface area contributed by atoms with Crippen LogP contribution < -0.4 is 5.32 Å². The van der Waals surface area contributed by atoms with E-state index in [0.717, 1.165) is 16.7 Å². The third-order valence-electron chi connectivity index (χ3n) is 3.37. The zero-order valence-corrected chi connectivity index (χ0v) is 12.8. The van der Waals surface area contributed by atoms with Crippen LogP contribution in [0.2, 0.25) is 0 Å². The molecule has 3 aromatic heterocycles. The Hall–Kier alpha value is -2.55. The molecule has 22 heavy (non-hydrogen) atoms. The first kappa shape index (κ1) is 14.4. The fourth-order valence-electron chi connectivity index (χ4n) is 2.19. The van der Waals surface area contributed by atoms with Gasteiger partial charge >= 0.3 is 5.97 Å². The van der Waals surface area contributed by atoms with E-state index in [1.807, 2.05) is 6.92 Å². The first-order valence-corrected chi connectivity index (χ1v) is 7.45. The normalized spacial score (nSPS) is 12.5. The van der Waals surface area contributed by atoms with Crippen molar-refractivity contribution in [3.63, 3.8) is 0 Å². The summed E-state index contributed by atoms with van der Waals surface area (Å²) in [5.41, 5.74) is 0.684. The van der Waals surface area contributed by atoms with Gasteiger partial charge in [0.2, 0.25) is 0 Å². The predicted molar refractivity (Wildman–Crippen MR) is 82.3 cm³/mol. The number of carbonyl (C=O) groups is 1. The van der Waals surface area contributed by atoms with Gasteiger partial charge in [0.05, 0.1) is 11.4 Å². The Morgan fingerprint density at radius 1 is 1.45 bits per heavy atom. The fourth-order valence-corrected chi connectivity index (χ4v) is 3.18. The summed E-state index contributed by atoms with van der Waals surface area (Å²) in [5.74, 6) is -0.305. The summed E-state index contributed by atoms with van der Waals surface area (Å²) < 4.78 is 1.74. The van der Waals surface area contributed by atoms with Gasteiger partial charge in [-0.1, -0.05) is 0 Å². The molecule has 3 rings (SSSR count). The lowest BCUT2D eigenvalue weighted by molar-refractivity contribution is 0.0701. The minimum Gasteiger partial charge on any atom is -0.477 e. The van der Waals surface area contributed by atoms with Crippen molar-refractivity contribution >= 4 is 33.3 Å². The van der Waals surface area contributed by atoms with Gasteiger partial charge in [-0.05, 0) is 19.4 Å². The fraction of sp³-hybridized carbons (Fsp3) is 0.308. The Balaban J connectivity index is 1.89. The molecular weight excluding hydrogens is 304 g/mol. The number of nitrogens with zero attached hydrogens (tertiary/aromatic N) is 5. The predicted octanol–water partition coefficient (Wildman–Crippen LogP) is 1.96. The molecule has 3 aromatic rings. The number of fused-ring (bicyclic) bond motifs is 1. The van der Waals surface area contributed by atoms with Gasteiger partial charge in [0, 0.05) is 6.54 Å². The molecular formula is C13H14N6O2S. The number of hydrogen-bond donors (Lipinski definition) is 2. The molecule has 0 amide bonds. The zero-order chi connectivity index (χ0) is 15.7. The molecule has 9 heteroatoms. The van der Waals surface area contributed by atoms with Crippen molar-refractivity contribution in [3.05, 3.63) is 29.4 Å². The Morgan fingerprint density at radius 3 is 2.95 bits per heavy atom. The molecule has 0 aromatic carbocycles. The molecule has 8 nitrogen and oxygen atoms in total. The van der Waals surface area contributed by atoms with Crippen LogP contribution in [-0.2, 0) is 0 Å². The van der Waals surface area contributed by atoms with E-state index in [-0.39, 0.29) is 6.04 Å². The van der Waals surface area contributed by atoms with Crippen LogP contribution in [-0.4, -0.2) is 42.4 Å². The number of thiophene rings is 1. The van der Waals surface area contributed by atoms with Gasteiger partial charge in [-0.2, -0.15) is 5.10 Å². The molecule has 2 N–H and O–H groups in total. The minimum absolute atomic E-state index is 0.0883. The van der Waals surface area contributed by atoms with E-state index in [1.54, 1.807) is 17.9 Å². The largest absolute Gasteiger partial charge is 0.477 e. The zero-order valence-electron chi connectivity index (χ0n) is 12.0. The summed E-state index contributed by atoms with van der Waals surface area (Å²) in [6.45, 7) is 4.37. The maximum atomic E-state index is 11.2. The highest BCUT2D eigenvalue weighted by atomic mass is 32.1. The molecule has 0 aliphatic heterocycles. The van der Waals surface area contributed by atoms with Crippen molar-refractivity contribution in [2.24, 2.45) is 0 Å². The monoisotopic (exact) mass is 318 g/mol. The lowest BCUT2D eigenvalue weighted by Crippen LogP contribution is -2.17. The number of carboxylic acids is 1. The van der Waals surface area contributed by atoms with Crippen molar-refractivity contribution in [1.29, 1.82) is 0 Å². The summed E-state index contributed by atoms with van der Waals surface area (Å²) in [6.07, 6.45) is 4.58. The van der Waals surface area contributed by atoms with Crippen LogP contribution in [0.1, 0.15) is 28.2 Å². The first-order valence-electron chi connectivity index (χ1n) is 6.63. The van der Waals surface area contributed by atoms with Crippen LogP contribution in [0.25, 0.3) is 10.2 Å². The van der Waals surface area contributed by atoms with Crippen molar-refractivity contribution in [2.75, 3.05) is 11.9 Å². The van der Waals surface area contributed by atoms with Crippen LogP contribution in [0.3, 0.4) is 0 Å². The number of carboxylic acid groups (broad SMARTS) is 1. The molecule has 0 radical (unpaired) electrons. The molecule has 1 unspecified atom stereocenters. The molecule has 114 valence electrons. The van der Waals surface area contributed by atoms with Crippen LogP contribution in [0.5, 0.6) is 0 Å². The lowest BCUT2D eigenvalue weighted by atomic mass is 10.2. The average Bonchev–Trinajstić information content (AvgIpc) is 3.13. The second kappa shape index (κ2) is 5.68. The van der Waals surface area contributed by atoms with Gasteiger partial charge in [-0.15, -0.1) is 11.3 Å². The van der Waals surface area contributed by atoms with E-state index in [4.69, 9.17) is 0 Å². The van der Waals surface area contributed by atoms with E-state index in [9.17, 15) is 9.90 Å². The van der Waals surface area contributed by atoms with Crippen LogP contribution in [0, 0.1) is 6.92 Å². The van der Waals surface area contributed by atoms with Crippen LogP contribution in [0.4, 0.5) is 5.82 Å². The van der Waals surface area contributed by atoms with E-state index < -0.39 is 5.97 Å². The Bertz CT molecular complexity index is 813. The van der Waals surface area contributed by atoms with Crippen molar-refractivity contribution in [2.45, 2.75) is 19.9 Å². The van der Waals surface area contributed by atoms with E-state index in [2.05, 4.69) is 25.4 Å². The number of nitrogens with one attached hydrogen (secondary N) is 1. The molecule has 0 saturated heterocycles. The minimum atomic E-state index is -0.942. The second-order valence-electron chi connectivity index (χ2n) is 4.87. The van der Waals surface area contributed by atoms with E-state index >= 15 is 0 Å². The molecule has 3 heterocycles. The molecule has 0 aliphatic rings. The van der Waals surface area contributed by atoms with Crippen molar-refractivity contribution in [1.82, 2.24) is 24.7 Å². The van der Waals surface area contributed by atoms with Gasteiger partial charge < -0.3 is 10.4 Å². The molecule has 0 saturated carbocycles. The topological polar surface area (TPSA) is 106 Å². The molecule has 0 aliphatic carbocycles. The van der Waals surface area contributed by atoms with Gasteiger partial charge in [-0.25, -0.2) is 24.4 Å². The number of aryl methyl sites for hydroxylation is 1. The second-order valence-corrected chi connectivity index (χ2v) is 5.87. The van der Waals surface area contributed by atoms with Crippen molar-refractivity contribution < 1.29 is 9.90 Å². The molecule has 1 atom stereocenters. The van der Waals surface area contributed by atoms with E-state index in [0.29, 0.717) is 27.6 Å². The highest BCUT2D eigenvalue weighted by Gasteiger charge is 2.18. The lowest BCUT2D eigenvalue weighted by Gasteiger charge is -2.13. The number of aromatic nitrogens is 5. The Labute approximate surface area is 129 Å². The number of aromatic carboxylic acids is 1. The highest BCUT2D eigenvalue weighted by Crippen LogP contribution is 2.33. The summed E-state index contributed by atoms with van der Waals surface area (Å²) >= 11 is 1.16. The van der Waals surface area contributed by atoms with Gasteiger partial charge in [0.1, 0.15) is 34.5 Å². The average molecular weight is 318 g/mol. The summed E-state index contributed by atoms with van der Waals surface area (Å²) in [5, 5.41) is 17.3.